The van der Waals surface area contributed by atoms with Gasteiger partial charge in [0.05, 0.1) is 13.2 Å². The standard InChI is InChI=1S/C30H26O8/c31-25-14-6-4-12-22(25)28(33)36-18-8-1-9-19-37-29(34)23-13-5-7-15-26(23)38-30(35)24-17-16-20-10-2-3-11-21(20)27(24)32/h2-7,10-17,31-32H,1,8-9,18-19H2. The van der Waals surface area contributed by atoms with Crippen molar-refractivity contribution in [2.45, 2.75) is 19.3 Å². The molecular formula is C30H26O8. The predicted molar refractivity (Wildman–Crippen MR) is 140 cm³/mol. The molecule has 4 rings (SSSR count). The first-order valence-electron chi connectivity index (χ1n) is 12.1. The van der Waals surface area contributed by atoms with Crippen LogP contribution < -0.4 is 4.74 Å². The van der Waals surface area contributed by atoms with E-state index in [9.17, 15) is 24.6 Å². The molecule has 0 saturated heterocycles. The molecule has 0 aromatic heterocycles. The minimum atomic E-state index is -0.799. The third kappa shape index (κ3) is 6.28. The number of carbonyl (C=O) groups excluding carboxylic acids is 3. The molecular weight excluding hydrogens is 488 g/mol. The van der Waals surface area contributed by atoms with E-state index in [0.717, 1.165) is 5.39 Å². The number of phenols is 2. The Morgan fingerprint density at radius 1 is 0.579 bits per heavy atom. The maximum atomic E-state index is 12.8. The van der Waals surface area contributed by atoms with Crippen LogP contribution >= 0.6 is 0 Å². The van der Waals surface area contributed by atoms with E-state index in [1.54, 1.807) is 42.5 Å². The van der Waals surface area contributed by atoms with Crippen LogP contribution in [0.1, 0.15) is 50.3 Å². The SMILES string of the molecule is O=C(OCCCCCOC(=O)c1ccccc1OC(=O)c1ccc2ccccc2c1O)c1ccccc1O. The average Bonchev–Trinajstić information content (AvgIpc) is 2.93. The summed E-state index contributed by atoms with van der Waals surface area (Å²) in [7, 11) is 0. The van der Waals surface area contributed by atoms with Gasteiger partial charge in [-0.25, -0.2) is 14.4 Å². The fraction of sp³-hybridized carbons (Fsp3) is 0.167. The third-order valence-corrected chi connectivity index (χ3v) is 5.81. The van der Waals surface area contributed by atoms with E-state index in [2.05, 4.69) is 0 Å². The Labute approximate surface area is 219 Å². The fourth-order valence-electron chi connectivity index (χ4n) is 3.81. The van der Waals surface area contributed by atoms with E-state index in [1.165, 1.54) is 30.3 Å². The van der Waals surface area contributed by atoms with Gasteiger partial charge in [0.25, 0.3) is 0 Å². The summed E-state index contributed by atoms with van der Waals surface area (Å²) in [5.74, 6) is -2.36. The highest BCUT2D eigenvalue weighted by Gasteiger charge is 2.20. The van der Waals surface area contributed by atoms with Crippen LogP contribution in [-0.4, -0.2) is 41.3 Å². The summed E-state index contributed by atoms with van der Waals surface area (Å²) >= 11 is 0. The van der Waals surface area contributed by atoms with Gasteiger partial charge in [-0.05, 0) is 55.0 Å². The highest BCUT2D eigenvalue weighted by atomic mass is 16.6. The predicted octanol–water partition coefficient (Wildman–Crippen LogP) is 5.65. The van der Waals surface area contributed by atoms with Crippen LogP contribution in [0.25, 0.3) is 10.8 Å². The molecule has 194 valence electrons. The maximum Gasteiger partial charge on any atom is 0.347 e. The van der Waals surface area contributed by atoms with Crippen LogP contribution in [0.15, 0.2) is 84.9 Å². The van der Waals surface area contributed by atoms with Crippen molar-refractivity contribution < 1.29 is 38.8 Å². The Balaban J connectivity index is 1.25. The highest BCUT2D eigenvalue weighted by Crippen LogP contribution is 2.30. The third-order valence-electron chi connectivity index (χ3n) is 5.81. The first-order chi connectivity index (χ1) is 18.5. The first-order valence-corrected chi connectivity index (χ1v) is 12.1. The molecule has 8 nitrogen and oxygen atoms in total. The topological polar surface area (TPSA) is 119 Å². The lowest BCUT2D eigenvalue weighted by Crippen LogP contribution is -2.13. The number of aromatic hydroxyl groups is 2. The molecule has 0 fully saturated rings. The molecule has 4 aromatic rings. The maximum absolute atomic E-state index is 12.8. The second-order valence-electron chi connectivity index (χ2n) is 8.42. The molecule has 0 heterocycles. The summed E-state index contributed by atoms with van der Waals surface area (Å²) in [5.41, 5.74) is 0.171. The highest BCUT2D eigenvalue weighted by molar-refractivity contribution is 6.02. The van der Waals surface area contributed by atoms with Crippen molar-refractivity contribution in [3.8, 4) is 17.2 Å². The van der Waals surface area contributed by atoms with Crippen molar-refractivity contribution in [3.63, 3.8) is 0 Å². The van der Waals surface area contributed by atoms with Gasteiger partial charge in [0.2, 0.25) is 0 Å². The van der Waals surface area contributed by atoms with E-state index < -0.39 is 17.9 Å². The Morgan fingerprint density at radius 3 is 1.92 bits per heavy atom. The molecule has 0 atom stereocenters. The number of unbranched alkanes of at least 4 members (excludes halogenated alkanes) is 2. The van der Waals surface area contributed by atoms with Crippen LogP contribution in [-0.2, 0) is 9.47 Å². The Kier molecular flexibility index (Phi) is 8.56. The molecule has 0 amide bonds. The van der Waals surface area contributed by atoms with Crippen molar-refractivity contribution in [1.82, 2.24) is 0 Å². The van der Waals surface area contributed by atoms with Crippen molar-refractivity contribution in [3.05, 3.63) is 102 Å². The second kappa shape index (κ2) is 12.4. The second-order valence-corrected chi connectivity index (χ2v) is 8.42. The van der Waals surface area contributed by atoms with Gasteiger partial charge in [-0.15, -0.1) is 0 Å². The van der Waals surface area contributed by atoms with Crippen molar-refractivity contribution >= 4 is 28.7 Å². The molecule has 0 aliphatic rings. The van der Waals surface area contributed by atoms with Crippen LogP contribution in [0.3, 0.4) is 0 Å². The van der Waals surface area contributed by atoms with E-state index in [0.29, 0.717) is 24.6 Å². The zero-order valence-electron chi connectivity index (χ0n) is 20.5. The normalized spacial score (nSPS) is 10.6. The average molecular weight is 515 g/mol. The molecule has 0 spiro atoms. The molecule has 2 N–H and O–H groups in total. The lowest BCUT2D eigenvalue weighted by atomic mass is 10.1. The number of para-hydroxylation sites is 2. The number of hydrogen-bond acceptors (Lipinski definition) is 8. The lowest BCUT2D eigenvalue weighted by Gasteiger charge is -2.11. The first kappa shape index (κ1) is 26.2. The molecule has 0 aliphatic carbocycles. The summed E-state index contributed by atoms with van der Waals surface area (Å²) in [6.45, 7) is 0.293. The van der Waals surface area contributed by atoms with Crippen LogP contribution in [0.5, 0.6) is 17.2 Å². The largest absolute Gasteiger partial charge is 0.507 e. The number of phenolic OH excluding ortho intramolecular Hbond substituents is 2. The molecule has 0 bridgehead atoms. The summed E-state index contributed by atoms with van der Waals surface area (Å²) < 4.78 is 15.9. The van der Waals surface area contributed by atoms with Crippen LogP contribution in [0, 0.1) is 0 Å². The Bertz CT molecular complexity index is 1460. The van der Waals surface area contributed by atoms with Crippen LogP contribution in [0.4, 0.5) is 0 Å². The zero-order valence-corrected chi connectivity index (χ0v) is 20.5. The van der Waals surface area contributed by atoms with Crippen LogP contribution in [0.2, 0.25) is 0 Å². The number of rotatable bonds is 10. The Morgan fingerprint density at radius 2 is 1.18 bits per heavy atom. The van der Waals surface area contributed by atoms with Crippen molar-refractivity contribution in [1.29, 1.82) is 0 Å². The van der Waals surface area contributed by atoms with Gasteiger partial charge < -0.3 is 24.4 Å². The smallest absolute Gasteiger partial charge is 0.347 e. The molecule has 0 saturated carbocycles. The quantitative estimate of drug-likeness (QED) is 0.158. The Hall–Kier alpha value is -4.85. The number of hydrogen-bond donors (Lipinski definition) is 2. The van der Waals surface area contributed by atoms with Gasteiger partial charge in [0.1, 0.15) is 33.9 Å². The van der Waals surface area contributed by atoms with E-state index >= 15 is 0 Å². The minimum Gasteiger partial charge on any atom is -0.507 e. The van der Waals surface area contributed by atoms with Crippen molar-refractivity contribution in [2.24, 2.45) is 0 Å². The van der Waals surface area contributed by atoms with Gasteiger partial charge in [-0.3, -0.25) is 0 Å². The van der Waals surface area contributed by atoms with Gasteiger partial charge in [-0.1, -0.05) is 54.6 Å². The summed E-state index contributed by atoms with van der Waals surface area (Å²) in [6, 6.07) is 22.6. The van der Waals surface area contributed by atoms with E-state index in [-0.39, 0.29) is 47.2 Å². The number of fused-ring (bicyclic) bond motifs is 1. The van der Waals surface area contributed by atoms with Gasteiger partial charge in [-0.2, -0.15) is 0 Å². The monoisotopic (exact) mass is 514 g/mol. The molecule has 38 heavy (non-hydrogen) atoms. The number of esters is 3. The molecule has 0 radical (unpaired) electrons. The molecule has 4 aromatic carbocycles. The number of benzene rings is 4. The number of carbonyl (C=O) groups is 3. The van der Waals surface area contributed by atoms with Gasteiger partial charge in [0, 0.05) is 5.39 Å². The van der Waals surface area contributed by atoms with E-state index in [4.69, 9.17) is 14.2 Å². The summed E-state index contributed by atoms with van der Waals surface area (Å²) in [4.78, 5) is 37.4. The van der Waals surface area contributed by atoms with Gasteiger partial charge in [0.15, 0.2) is 0 Å². The summed E-state index contributed by atoms with van der Waals surface area (Å²) in [6.07, 6.45) is 1.73. The zero-order chi connectivity index (χ0) is 26.9. The lowest BCUT2D eigenvalue weighted by molar-refractivity contribution is 0.0475. The minimum absolute atomic E-state index is 0.0185. The van der Waals surface area contributed by atoms with E-state index in [1.807, 2.05) is 12.1 Å². The summed E-state index contributed by atoms with van der Waals surface area (Å²) in [5, 5.41) is 21.5. The molecule has 8 heteroatoms. The van der Waals surface area contributed by atoms with Gasteiger partial charge >= 0.3 is 17.9 Å². The molecule has 0 aliphatic heterocycles. The van der Waals surface area contributed by atoms with Crippen molar-refractivity contribution in [2.75, 3.05) is 13.2 Å². The number of ether oxygens (including phenoxy) is 3. The molecule has 0 unspecified atom stereocenters. The fourth-order valence-corrected chi connectivity index (χ4v) is 3.81.